The molecule has 0 saturated heterocycles. The summed E-state index contributed by atoms with van der Waals surface area (Å²) in [7, 11) is -3.35. The predicted octanol–water partition coefficient (Wildman–Crippen LogP) is 16.7. The van der Waals surface area contributed by atoms with Crippen LogP contribution in [0.25, 0.3) is 121 Å². The Morgan fingerprint density at radius 3 is 1.07 bits per heavy atom. The first-order valence-electron chi connectivity index (χ1n) is 24.3. The highest BCUT2D eigenvalue weighted by atomic mass is 31.2. The molecule has 0 aliphatic carbocycles. The Kier molecular flexibility index (Phi) is 8.87. The lowest BCUT2D eigenvalue weighted by Crippen LogP contribution is -2.25. The third-order valence-corrected chi connectivity index (χ3v) is 17.9. The van der Waals surface area contributed by atoms with Gasteiger partial charge in [0.05, 0.1) is 22.1 Å². The molecular formula is C66H41N2O3P. The lowest BCUT2D eigenvalue weighted by Gasteiger charge is -2.22. The number of para-hydroxylation sites is 4. The lowest BCUT2D eigenvalue weighted by molar-refractivity contribution is 0.592. The number of benzene rings is 11. The summed E-state index contributed by atoms with van der Waals surface area (Å²) in [4.78, 5) is 0. The fourth-order valence-electron chi connectivity index (χ4n) is 11.5. The van der Waals surface area contributed by atoms with Crippen LogP contribution in [0.3, 0.4) is 0 Å². The Hall–Kier alpha value is -9.15. The number of furan rings is 2. The Morgan fingerprint density at radius 1 is 0.278 bits per heavy atom. The van der Waals surface area contributed by atoms with E-state index in [1.54, 1.807) is 0 Å². The largest absolute Gasteiger partial charge is 0.456 e. The molecule has 0 atom stereocenters. The molecule has 5 nitrogen and oxygen atoms in total. The third kappa shape index (κ3) is 6.05. The van der Waals surface area contributed by atoms with E-state index in [1.165, 1.54) is 21.5 Å². The standard InChI is InChI=1S/C66H41N2O3P/c69-72(46-15-3-1-4-16-46,47-17-5-2-6-18-47)48-31-32-49(42-27-33-63-55(37-42)57-39-44(29-35-65(57)70-63)67-59-23-11-7-19-50(59)51-20-8-12-24-60(51)67)54(41-48)43-28-34-64-56(38-43)58-40-45(30-36-66(58)71-64)68-61-25-13-9-21-52(61)53-22-10-14-26-62(53)68/h1-41H. The number of aromatic nitrogens is 2. The van der Waals surface area contributed by atoms with Crippen LogP contribution in [-0.4, -0.2) is 9.13 Å². The highest BCUT2D eigenvalue weighted by Crippen LogP contribution is 2.46. The smallest absolute Gasteiger partial charge is 0.171 e. The number of rotatable bonds is 7. The molecule has 4 aromatic heterocycles. The highest BCUT2D eigenvalue weighted by molar-refractivity contribution is 7.85. The molecule has 0 amide bonds. The molecule has 0 fully saturated rings. The number of hydrogen-bond acceptors (Lipinski definition) is 3. The number of hydrogen-bond donors (Lipinski definition) is 0. The van der Waals surface area contributed by atoms with Gasteiger partial charge >= 0.3 is 0 Å². The molecule has 0 unspecified atom stereocenters. The van der Waals surface area contributed by atoms with E-state index in [0.29, 0.717) is 0 Å². The molecule has 4 heterocycles. The van der Waals surface area contributed by atoms with Crippen molar-refractivity contribution in [2.75, 3.05) is 0 Å². The van der Waals surface area contributed by atoms with Gasteiger partial charge in [-0.05, 0) is 113 Å². The van der Waals surface area contributed by atoms with Crippen molar-refractivity contribution in [2.24, 2.45) is 0 Å². The summed E-state index contributed by atoms with van der Waals surface area (Å²) in [5.41, 5.74) is 14.0. The van der Waals surface area contributed by atoms with Crippen LogP contribution < -0.4 is 15.9 Å². The van der Waals surface area contributed by atoms with Gasteiger partial charge in [-0.2, -0.15) is 0 Å². The van der Waals surface area contributed by atoms with E-state index in [1.807, 2.05) is 60.7 Å². The van der Waals surface area contributed by atoms with Crippen LogP contribution in [0.15, 0.2) is 258 Å². The zero-order valence-electron chi connectivity index (χ0n) is 38.7. The first-order chi connectivity index (χ1) is 35.6. The van der Waals surface area contributed by atoms with E-state index in [0.717, 1.165) is 115 Å². The third-order valence-electron chi connectivity index (χ3n) is 14.8. The fourth-order valence-corrected chi connectivity index (χ4v) is 14.2. The number of nitrogens with zero attached hydrogens (tertiary/aromatic N) is 2. The quantitative estimate of drug-likeness (QED) is 0.150. The Balaban J connectivity index is 0.944. The van der Waals surface area contributed by atoms with Crippen LogP contribution in [0.4, 0.5) is 0 Å². The summed E-state index contributed by atoms with van der Waals surface area (Å²) < 4.78 is 33.9. The van der Waals surface area contributed by atoms with Gasteiger partial charge in [0, 0.05) is 70.4 Å². The lowest BCUT2D eigenvalue weighted by atomic mass is 9.93. The molecule has 11 aromatic carbocycles. The maximum absolute atomic E-state index is 16.1. The maximum Gasteiger partial charge on any atom is 0.171 e. The van der Waals surface area contributed by atoms with Crippen molar-refractivity contribution >= 4 is 111 Å². The van der Waals surface area contributed by atoms with Gasteiger partial charge in [-0.15, -0.1) is 0 Å². The molecule has 0 bridgehead atoms. The van der Waals surface area contributed by atoms with Gasteiger partial charge in [0.2, 0.25) is 0 Å². The van der Waals surface area contributed by atoms with Crippen molar-refractivity contribution < 1.29 is 13.4 Å². The normalized spacial score (nSPS) is 12.2. The molecule has 0 aliphatic rings. The SMILES string of the molecule is O=P(c1ccccc1)(c1ccccc1)c1ccc(-c2ccc3oc4ccc(-n5c6ccccc6c6ccccc65)cc4c3c2)c(-c2ccc3oc4ccc(-n5c6ccccc6c6ccccc65)cc4c3c2)c1. The minimum atomic E-state index is -3.35. The second-order valence-corrected chi connectivity index (χ2v) is 21.5. The Morgan fingerprint density at radius 2 is 0.639 bits per heavy atom. The maximum atomic E-state index is 16.1. The molecule has 0 radical (unpaired) electrons. The second kappa shape index (κ2) is 15.7. The van der Waals surface area contributed by atoms with Crippen LogP contribution in [0, 0.1) is 0 Å². The van der Waals surface area contributed by atoms with E-state index in [-0.39, 0.29) is 0 Å². The van der Waals surface area contributed by atoms with E-state index in [4.69, 9.17) is 8.83 Å². The van der Waals surface area contributed by atoms with Gasteiger partial charge < -0.3 is 22.5 Å². The van der Waals surface area contributed by atoms with Crippen LogP contribution in [0.5, 0.6) is 0 Å². The first kappa shape index (κ1) is 40.7. The molecule has 15 rings (SSSR count). The fraction of sp³-hybridized carbons (Fsp3) is 0. The first-order valence-corrected chi connectivity index (χ1v) is 26.0. The summed E-state index contributed by atoms with van der Waals surface area (Å²) in [5.74, 6) is 0. The van der Waals surface area contributed by atoms with Crippen molar-refractivity contribution in [3.05, 3.63) is 249 Å². The van der Waals surface area contributed by atoms with Crippen LogP contribution >= 0.6 is 7.14 Å². The molecule has 15 aromatic rings. The van der Waals surface area contributed by atoms with Crippen molar-refractivity contribution in [3.63, 3.8) is 0 Å². The molecular weight excluding hydrogens is 900 g/mol. The van der Waals surface area contributed by atoms with Gasteiger partial charge in [0.1, 0.15) is 22.3 Å². The summed E-state index contributed by atoms with van der Waals surface area (Å²) in [6, 6.07) is 86.6. The van der Waals surface area contributed by atoms with Crippen LogP contribution in [0.1, 0.15) is 0 Å². The summed E-state index contributed by atoms with van der Waals surface area (Å²) in [6.07, 6.45) is 0. The molecule has 0 N–H and O–H groups in total. The topological polar surface area (TPSA) is 53.2 Å². The van der Waals surface area contributed by atoms with E-state index < -0.39 is 7.14 Å². The Bertz CT molecular complexity index is 4580. The molecule has 0 saturated carbocycles. The van der Waals surface area contributed by atoms with E-state index in [2.05, 4.69) is 197 Å². The van der Waals surface area contributed by atoms with Gasteiger partial charge in [-0.3, -0.25) is 0 Å². The summed E-state index contributed by atoms with van der Waals surface area (Å²) in [6.45, 7) is 0. The number of fused-ring (bicyclic) bond motifs is 12. The van der Waals surface area contributed by atoms with E-state index in [9.17, 15) is 0 Å². The molecule has 0 spiro atoms. The average molecular weight is 941 g/mol. The second-order valence-electron chi connectivity index (χ2n) is 18.7. The zero-order chi connectivity index (χ0) is 47.5. The van der Waals surface area contributed by atoms with E-state index >= 15 is 4.57 Å². The van der Waals surface area contributed by atoms with Crippen LogP contribution in [0.2, 0.25) is 0 Å². The highest BCUT2D eigenvalue weighted by Gasteiger charge is 2.31. The van der Waals surface area contributed by atoms with Crippen molar-refractivity contribution in [3.8, 4) is 33.6 Å². The summed E-state index contributed by atoms with van der Waals surface area (Å²) in [5, 5.41) is 11.3. The van der Waals surface area contributed by atoms with Gasteiger partial charge in [0.15, 0.2) is 7.14 Å². The van der Waals surface area contributed by atoms with Gasteiger partial charge in [0.25, 0.3) is 0 Å². The summed E-state index contributed by atoms with van der Waals surface area (Å²) >= 11 is 0. The minimum Gasteiger partial charge on any atom is -0.456 e. The minimum absolute atomic E-state index is 0.759. The Labute approximate surface area is 413 Å². The van der Waals surface area contributed by atoms with Crippen molar-refractivity contribution in [2.45, 2.75) is 0 Å². The van der Waals surface area contributed by atoms with Crippen molar-refractivity contribution in [1.29, 1.82) is 0 Å². The van der Waals surface area contributed by atoms with Gasteiger partial charge in [-0.25, -0.2) is 0 Å². The molecule has 72 heavy (non-hydrogen) atoms. The monoisotopic (exact) mass is 940 g/mol. The molecule has 338 valence electrons. The van der Waals surface area contributed by atoms with Crippen LogP contribution in [-0.2, 0) is 4.57 Å². The predicted molar refractivity (Wildman–Crippen MR) is 300 cm³/mol. The van der Waals surface area contributed by atoms with Crippen molar-refractivity contribution in [1.82, 2.24) is 9.13 Å². The molecule has 0 aliphatic heterocycles. The average Bonchev–Trinajstić information content (AvgIpc) is 4.20. The zero-order valence-corrected chi connectivity index (χ0v) is 39.6. The van der Waals surface area contributed by atoms with Gasteiger partial charge in [-0.1, -0.05) is 158 Å². The molecule has 6 heteroatoms.